The second-order valence-corrected chi connectivity index (χ2v) is 2.97. The van der Waals surface area contributed by atoms with Crippen molar-refractivity contribution in [3.63, 3.8) is 0 Å². The van der Waals surface area contributed by atoms with E-state index in [1.54, 1.807) is 0 Å². The molecule has 52 valence electrons. The van der Waals surface area contributed by atoms with Gasteiger partial charge in [0.15, 0.2) is 0 Å². The van der Waals surface area contributed by atoms with Gasteiger partial charge in [-0.2, -0.15) is 0 Å². The fraction of sp³-hybridized carbons (Fsp3) is 0.750. The van der Waals surface area contributed by atoms with Gasteiger partial charge in [-0.3, -0.25) is 0 Å². The van der Waals surface area contributed by atoms with Crippen LogP contribution >= 0.6 is 0 Å². The molecule has 0 heterocycles. The number of hydrogen-bond donors (Lipinski definition) is 0. The lowest BCUT2D eigenvalue weighted by Gasteiger charge is -1.96. The Hall–Kier alpha value is -0.460. The van der Waals surface area contributed by atoms with Gasteiger partial charge in [0.1, 0.15) is 0 Å². The average molecular weight is 126 g/mol. The average Bonchev–Trinajstić information content (AvgIpc) is 2.48. The van der Waals surface area contributed by atoms with Crippen LogP contribution in [0.5, 0.6) is 0 Å². The van der Waals surface area contributed by atoms with Crippen molar-refractivity contribution in [1.82, 2.24) is 0 Å². The molecule has 0 aliphatic heterocycles. The second kappa shape index (κ2) is 2.90. The van der Waals surface area contributed by atoms with E-state index in [1.807, 2.05) is 20.1 Å². The summed E-state index contributed by atoms with van der Waals surface area (Å²) in [5.41, 5.74) is 1.25. The van der Waals surface area contributed by atoms with Crippen molar-refractivity contribution in [1.29, 1.82) is 0 Å². The van der Waals surface area contributed by atoms with Gasteiger partial charge in [0.2, 0.25) is 0 Å². The summed E-state index contributed by atoms with van der Waals surface area (Å²) >= 11 is 0. The maximum absolute atomic E-state index is 5.26. The second-order valence-electron chi connectivity index (χ2n) is 2.97. The topological polar surface area (TPSA) is 9.23 Å². The van der Waals surface area contributed by atoms with Crippen LogP contribution in [0.25, 0.3) is 0 Å². The van der Waals surface area contributed by atoms with Crippen molar-refractivity contribution in [2.45, 2.75) is 26.7 Å². The van der Waals surface area contributed by atoms with Crippen LogP contribution in [0.15, 0.2) is 11.8 Å². The summed E-state index contributed by atoms with van der Waals surface area (Å²) in [6.07, 6.45) is 4.59. The van der Waals surface area contributed by atoms with Crippen molar-refractivity contribution in [2.24, 2.45) is 5.92 Å². The van der Waals surface area contributed by atoms with Crippen LogP contribution in [0.4, 0.5) is 0 Å². The van der Waals surface area contributed by atoms with E-state index in [2.05, 4.69) is 0 Å². The van der Waals surface area contributed by atoms with Crippen molar-refractivity contribution in [3.8, 4) is 0 Å². The third-order valence-corrected chi connectivity index (χ3v) is 1.35. The fourth-order valence-electron chi connectivity index (χ4n) is 0.635. The highest BCUT2D eigenvalue weighted by atomic mass is 16.5. The molecule has 0 aromatic heterocycles. The van der Waals surface area contributed by atoms with Gasteiger partial charge in [0, 0.05) is 0 Å². The van der Waals surface area contributed by atoms with Crippen LogP contribution in [0.1, 0.15) is 26.7 Å². The Labute approximate surface area is 56.7 Å². The van der Waals surface area contributed by atoms with Crippen LogP contribution in [-0.2, 0) is 4.74 Å². The molecule has 0 aromatic rings. The molecule has 1 aliphatic rings. The first kappa shape index (κ1) is 6.66. The predicted molar refractivity (Wildman–Crippen MR) is 38.1 cm³/mol. The van der Waals surface area contributed by atoms with E-state index in [-0.39, 0.29) is 0 Å². The molecule has 0 spiro atoms. The Kier molecular flexibility index (Phi) is 2.15. The highest BCUT2D eigenvalue weighted by Gasteiger charge is 2.20. The lowest BCUT2D eigenvalue weighted by molar-refractivity contribution is 0.232. The summed E-state index contributed by atoms with van der Waals surface area (Å²) in [5, 5.41) is 0. The molecule has 0 saturated heterocycles. The molecule has 1 saturated carbocycles. The lowest BCUT2D eigenvalue weighted by atomic mass is 10.4. The first-order valence-corrected chi connectivity index (χ1v) is 3.54. The Morgan fingerprint density at radius 3 is 2.67 bits per heavy atom. The zero-order chi connectivity index (χ0) is 6.69. The normalized spacial score (nSPS) is 17.1. The number of hydrogen-bond acceptors (Lipinski definition) is 1. The summed E-state index contributed by atoms with van der Waals surface area (Å²) < 4.78 is 5.26. The molecule has 0 aromatic carbocycles. The van der Waals surface area contributed by atoms with E-state index in [9.17, 15) is 0 Å². The largest absolute Gasteiger partial charge is 0.501 e. The monoisotopic (exact) mass is 126 g/mol. The first-order valence-electron chi connectivity index (χ1n) is 3.54. The molecule has 0 radical (unpaired) electrons. The molecule has 9 heavy (non-hydrogen) atoms. The molecule has 0 atom stereocenters. The highest BCUT2D eigenvalue weighted by Crippen LogP contribution is 2.28. The van der Waals surface area contributed by atoms with Crippen molar-refractivity contribution in [3.05, 3.63) is 11.8 Å². The van der Waals surface area contributed by atoms with Crippen molar-refractivity contribution < 1.29 is 4.74 Å². The van der Waals surface area contributed by atoms with Crippen LogP contribution in [0.2, 0.25) is 0 Å². The number of rotatable bonds is 3. The third-order valence-electron chi connectivity index (χ3n) is 1.35. The molecule has 0 amide bonds. The van der Waals surface area contributed by atoms with Crippen LogP contribution in [-0.4, -0.2) is 6.61 Å². The lowest BCUT2D eigenvalue weighted by Crippen LogP contribution is -1.88. The maximum atomic E-state index is 5.26. The molecule has 1 aliphatic carbocycles. The van der Waals surface area contributed by atoms with Crippen LogP contribution in [0, 0.1) is 5.92 Å². The van der Waals surface area contributed by atoms with Gasteiger partial charge < -0.3 is 4.74 Å². The minimum atomic E-state index is 0.876. The summed E-state index contributed by atoms with van der Waals surface area (Å²) in [5.74, 6) is 0.876. The Morgan fingerprint density at radius 1 is 1.56 bits per heavy atom. The van der Waals surface area contributed by atoms with Gasteiger partial charge in [0.05, 0.1) is 12.9 Å². The number of ether oxygens (including phenoxy) is 1. The Bertz CT molecular complexity index is 108. The molecule has 1 rings (SSSR count). The van der Waals surface area contributed by atoms with Crippen molar-refractivity contribution in [2.75, 3.05) is 6.61 Å². The highest BCUT2D eigenvalue weighted by molar-refractivity contribution is 4.87. The quantitative estimate of drug-likeness (QED) is 0.527. The van der Waals surface area contributed by atoms with E-state index in [0.717, 1.165) is 12.5 Å². The standard InChI is InChI=1S/C8H14O/c1-7(2)5-9-6-8-3-4-8/h5,8H,3-4,6H2,1-2H3. The molecule has 1 heteroatoms. The first-order chi connectivity index (χ1) is 4.29. The van der Waals surface area contributed by atoms with Crippen molar-refractivity contribution >= 4 is 0 Å². The fourth-order valence-corrected chi connectivity index (χ4v) is 0.635. The summed E-state index contributed by atoms with van der Waals surface area (Å²) in [6.45, 7) is 5.03. The summed E-state index contributed by atoms with van der Waals surface area (Å²) in [4.78, 5) is 0. The Morgan fingerprint density at radius 2 is 2.22 bits per heavy atom. The molecule has 0 N–H and O–H groups in total. The van der Waals surface area contributed by atoms with E-state index in [4.69, 9.17) is 4.74 Å². The van der Waals surface area contributed by atoms with Gasteiger partial charge in [-0.25, -0.2) is 0 Å². The third kappa shape index (κ3) is 3.17. The van der Waals surface area contributed by atoms with Gasteiger partial charge in [0.25, 0.3) is 0 Å². The zero-order valence-electron chi connectivity index (χ0n) is 6.18. The van der Waals surface area contributed by atoms with E-state index in [0.29, 0.717) is 0 Å². The molecular weight excluding hydrogens is 112 g/mol. The van der Waals surface area contributed by atoms with Gasteiger partial charge in [-0.15, -0.1) is 0 Å². The SMILES string of the molecule is CC(C)=COCC1CC1. The molecule has 1 fully saturated rings. The minimum Gasteiger partial charge on any atom is -0.501 e. The molecule has 0 bridgehead atoms. The molecular formula is C8H14O. The van der Waals surface area contributed by atoms with E-state index >= 15 is 0 Å². The molecule has 1 nitrogen and oxygen atoms in total. The zero-order valence-corrected chi connectivity index (χ0v) is 6.18. The Balaban J connectivity index is 1.97. The van der Waals surface area contributed by atoms with E-state index in [1.165, 1.54) is 18.4 Å². The van der Waals surface area contributed by atoms with Gasteiger partial charge in [-0.05, 0) is 38.2 Å². The van der Waals surface area contributed by atoms with E-state index < -0.39 is 0 Å². The molecule has 0 unspecified atom stereocenters. The van der Waals surface area contributed by atoms with Crippen LogP contribution in [0.3, 0.4) is 0 Å². The van der Waals surface area contributed by atoms with Gasteiger partial charge in [-0.1, -0.05) is 0 Å². The maximum Gasteiger partial charge on any atom is 0.0901 e. The van der Waals surface area contributed by atoms with Crippen LogP contribution < -0.4 is 0 Å². The van der Waals surface area contributed by atoms with Gasteiger partial charge >= 0.3 is 0 Å². The summed E-state index contributed by atoms with van der Waals surface area (Å²) in [7, 11) is 0. The number of allylic oxidation sites excluding steroid dienone is 1. The minimum absolute atomic E-state index is 0.876. The summed E-state index contributed by atoms with van der Waals surface area (Å²) in [6, 6.07) is 0. The smallest absolute Gasteiger partial charge is 0.0901 e. The predicted octanol–water partition coefficient (Wildman–Crippen LogP) is 2.34.